The van der Waals surface area contributed by atoms with E-state index in [1.807, 2.05) is 30.3 Å². The summed E-state index contributed by atoms with van der Waals surface area (Å²) in [5.74, 6) is 1.65. The first-order valence-corrected chi connectivity index (χ1v) is 7.62. The van der Waals surface area contributed by atoms with E-state index in [1.165, 1.54) is 0 Å². The van der Waals surface area contributed by atoms with Crippen LogP contribution in [0.3, 0.4) is 0 Å². The van der Waals surface area contributed by atoms with E-state index in [9.17, 15) is 4.79 Å². The number of anilines is 1. The number of rotatable bonds is 1. The maximum absolute atomic E-state index is 12.6. The molecule has 0 fully saturated rings. The van der Waals surface area contributed by atoms with Gasteiger partial charge in [-0.2, -0.15) is 0 Å². The molecule has 0 spiro atoms. The zero-order chi connectivity index (χ0) is 16.1. The van der Waals surface area contributed by atoms with Crippen LogP contribution in [0.25, 0.3) is 0 Å². The number of amides is 1. The molecule has 1 amide bonds. The highest BCUT2D eigenvalue weighted by Crippen LogP contribution is 2.31. The van der Waals surface area contributed by atoms with Crippen molar-refractivity contribution in [2.45, 2.75) is 12.8 Å². The predicted octanol–water partition coefficient (Wildman–Crippen LogP) is 3.50. The summed E-state index contributed by atoms with van der Waals surface area (Å²) >= 11 is 0. The molecule has 0 saturated carbocycles. The second-order valence-electron chi connectivity index (χ2n) is 5.22. The Morgan fingerprint density at radius 3 is 2.52 bits per heavy atom. The lowest BCUT2D eigenvalue weighted by Crippen LogP contribution is -2.16. The molecule has 2 aromatic rings. The lowest BCUT2D eigenvalue weighted by molar-refractivity contribution is 0.102. The third-order valence-corrected chi connectivity index (χ3v) is 3.62. The lowest BCUT2D eigenvalue weighted by Gasteiger charge is -2.17. The van der Waals surface area contributed by atoms with Gasteiger partial charge in [-0.25, -0.2) is 0 Å². The van der Waals surface area contributed by atoms with Gasteiger partial charge in [0, 0.05) is 6.07 Å². The van der Waals surface area contributed by atoms with Crippen LogP contribution in [0.4, 0.5) is 5.69 Å². The quantitative estimate of drug-likeness (QED) is 0.875. The average molecular weight is 313 g/mol. The first kappa shape index (κ1) is 15.2. The molecule has 0 aromatic heterocycles. The summed E-state index contributed by atoms with van der Waals surface area (Å²) < 4.78 is 16.7. The van der Waals surface area contributed by atoms with Gasteiger partial charge in [-0.15, -0.1) is 0 Å². The monoisotopic (exact) mass is 313 g/mol. The highest BCUT2D eigenvalue weighted by Gasteiger charge is 2.16. The summed E-state index contributed by atoms with van der Waals surface area (Å²) in [7, 11) is 1.59. The van der Waals surface area contributed by atoms with Crippen LogP contribution in [0.15, 0.2) is 42.5 Å². The Morgan fingerprint density at radius 1 is 1.00 bits per heavy atom. The van der Waals surface area contributed by atoms with Crippen molar-refractivity contribution < 1.29 is 19.0 Å². The number of carbonyl (C=O) groups is 1. The number of nitrogens with one attached hydrogen (secondary N) is 1. The largest absolute Gasteiger partial charge is 0.497 e. The molecule has 5 nitrogen and oxygen atoms in total. The van der Waals surface area contributed by atoms with Crippen LogP contribution in [-0.4, -0.2) is 26.2 Å². The Bertz CT molecular complexity index is 699. The number of methoxy groups -OCH3 is 1. The number of para-hydroxylation sites is 1. The minimum absolute atomic E-state index is 0.237. The van der Waals surface area contributed by atoms with Gasteiger partial charge in [0.25, 0.3) is 5.91 Å². The first-order chi connectivity index (χ1) is 11.3. The molecule has 23 heavy (non-hydrogen) atoms. The Morgan fingerprint density at radius 2 is 1.74 bits per heavy atom. The molecule has 1 N–H and O–H groups in total. The number of fused-ring (bicyclic) bond motifs is 2. The van der Waals surface area contributed by atoms with Gasteiger partial charge in [0.2, 0.25) is 0 Å². The van der Waals surface area contributed by atoms with Crippen molar-refractivity contribution in [3.05, 3.63) is 48.0 Å². The van der Waals surface area contributed by atoms with Crippen LogP contribution in [0.5, 0.6) is 17.2 Å². The molecule has 0 aliphatic carbocycles. The van der Waals surface area contributed by atoms with Gasteiger partial charge in [-0.05, 0) is 37.1 Å². The van der Waals surface area contributed by atoms with E-state index in [-0.39, 0.29) is 5.91 Å². The fraction of sp³-hybridized carbons (Fsp3) is 0.278. The van der Waals surface area contributed by atoms with Crippen LogP contribution in [0.2, 0.25) is 0 Å². The Balaban J connectivity index is 1.97. The standard InChI is InChI=1S/C18H19NO4/c1-21-13-8-9-17-15(12-13)19-18(20)14-6-2-3-7-16(14)22-10-4-5-11-23-17/h2-3,6-9,12H,4-5,10-11H2,1H3,(H,19,20). The summed E-state index contributed by atoms with van der Waals surface area (Å²) in [6.45, 7) is 1.13. The number of benzene rings is 2. The highest BCUT2D eigenvalue weighted by atomic mass is 16.5. The molecule has 0 bridgehead atoms. The van der Waals surface area contributed by atoms with Crippen molar-refractivity contribution in [3.8, 4) is 17.2 Å². The Hall–Kier alpha value is -2.69. The van der Waals surface area contributed by atoms with Gasteiger partial charge in [0.1, 0.15) is 17.2 Å². The van der Waals surface area contributed by atoms with E-state index in [0.29, 0.717) is 41.7 Å². The summed E-state index contributed by atoms with van der Waals surface area (Å²) in [5.41, 5.74) is 1.09. The molecular formula is C18H19NO4. The van der Waals surface area contributed by atoms with Crippen LogP contribution < -0.4 is 19.5 Å². The molecule has 0 saturated heterocycles. The fourth-order valence-electron chi connectivity index (χ4n) is 2.40. The Kier molecular flexibility index (Phi) is 4.66. The smallest absolute Gasteiger partial charge is 0.259 e. The van der Waals surface area contributed by atoms with Crippen molar-refractivity contribution in [1.82, 2.24) is 0 Å². The second kappa shape index (κ2) is 7.05. The van der Waals surface area contributed by atoms with E-state index < -0.39 is 0 Å². The summed E-state index contributed by atoms with van der Waals surface area (Å²) in [6.07, 6.45) is 1.74. The molecule has 0 radical (unpaired) electrons. The minimum atomic E-state index is -0.237. The van der Waals surface area contributed by atoms with Crippen molar-refractivity contribution in [2.75, 3.05) is 25.6 Å². The number of hydrogen-bond donors (Lipinski definition) is 1. The van der Waals surface area contributed by atoms with E-state index in [0.717, 1.165) is 12.8 Å². The molecule has 3 rings (SSSR count). The van der Waals surface area contributed by atoms with Gasteiger partial charge in [-0.1, -0.05) is 12.1 Å². The Labute approximate surface area is 135 Å². The van der Waals surface area contributed by atoms with E-state index in [4.69, 9.17) is 14.2 Å². The van der Waals surface area contributed by atoms with Crippen molar-refractivity contribution in [2.24, 2.45) is 0 Å². The maximum atomic E-state index is 12.6. The van der Waals surface area contributed by atoms with Gasteiger partial charge >= 0.3 is 0 Å². The van der Waals surface area contributed by atoms with Gasteiger partial charge in [0.15, 0.2) is 0 Å². The second-order valence-corrected chi connectivity index (χ2v) is 5.22. The van der Waals surface area contributed by atoms with E-state index >= 15 is 0 Å². The zero-order valence-electron chi connectivity index (χ0n) is 13.0. The average Bonchev–Trinajstić information content (AvgIpc) is 2.58. The topological polar surface area (TPSA) is 56.8 Å². The summed E-state index contributed by atoms with van der Waals surface area (Å²) in [5, 5.41) is 2.89. The number of carbonyl (C=O) groups excluding carboxylic acids is 1. The van der Waals surface area contributed by atoms with Crippen molar-refractivity contribution in [1.29, 1.82) is 0 Å². The zero-order valence-corrected chi connectivity index (χ0v) is 13.0. The van der Waals surface area contributed by atoms with Crippen LogP contribution >= 0.6 is 0 Å². The molecule has 120 valence electrons. The summed E-state index contributed by atoms with van der Waals surface area (Å²) in [4.78, 5) is 12.6. The molecule has 5 heteroatoms. The third-order valence-electron chi connectivity index (χ3n) is 3.62. The molecule has 1 heterocycles. The van der Waals surface area contributed by atoms with E-state index in [1.54, 1.807) is 19.2 Å². The van der Waals surface area contributed by atoms with Crippen molar-refractivity contribution >= 4 is 11.6 Å². The molecule has 1 aliphatic rings. The molecule has 0 unspecified atom stereocenters. The molecular weight excluding hydrogens is 294 g/mol. The normalized spacial score (nSPS) is 14.7. The maximum Gasteiger partial charge on any atom is 0.259 e. The van der Waals surface area contributed by atoms with Crippen molar-refractivity contribution in [3.63, 3.8) is 0 Å². The van der Waals surface area contributed by atoms with Crippen LogP contribution in [0, 0.1) is 0 Å². The first-order valence-electron chi connectivity index (χ1n) is 7.62. The van der Waals surface area contributed by atoms with E-state index in [2.05, 4.69) is 5.32 Å². The minimum Gasteiger partial charge on any atom is -0.497 e. The molecule has 1 aliphatic heterocycles. The SMILES string of the molecule is COc1ccc2c(c1)NC(=O)c1ccccc1OCCCCO2. The summed E-state index contributed by atoms with van der Waals surface area (Å²) in [6, 6.07) is 12.6. The number of hydrogen-bond acceptors (Lipinski definition) is 4. The van der Waals surface area contributed by atoms with Gasteiger partial charge in [0.05, 0.1) is 31.6 Å². The highest BCUT2D eigenvalue weighted by molar-refractivity contribution is 6.07. The molecule has 2 aromatic carbocycles. The molecule has 0 atom stereocenters. The predicted molar refractivity (Wildman–Crippen MR) is 87.6 cm³/mol. The third kappa shape index (κ3) is 3.56. The number of ether oxygens (including phenoxy) is 3. The van der Waals surface area contributed by atoms with Crippen LogP contribution in [-0.2, 0) is 0 Å². The fourth-order valence-corrected chi connectivity index (χ4v) is 2.40. The van der Waals surface area contributed by atoms with Gasteiger partial charge < -0.3 is 19.5 Å². The van der Waals surface area contributed by atoms with Gasteiger partial charge in [-0.3, -0.25) is 4.79 Å². The lowest BCUT2D eigenvalue weighted by atomic mass is 10.1. The van der Waals surface area contributed by atoms with Crippen LogP contribution in [0.1, 0.15) is 23.2 Å².